The van der Waals surface area contributed by atoms with Crippen LogP contribution < -0.4 is 5.32 Å². The van der Waals surface area contributed by atoms with Crippen molar-refractivity contribution in [1.82, 2.24) is 15.2 Å². The van der Waals surface area contributed by atoms with Gasteiger partial charge in [-0.3, -0.25) is 0 Å². The summed E-state index contributed by atoms with van der Waals surface area (Å²) in [6.45, 7) is 6.24. The Morgan fingerprint density at radius 2 is 2.10 bits per heavy atom. The summed E-state index contributed by atoms with van der Waals surface area (Å²) in [6.07, 6.45) is 1.29. The molecule has 21 heavy (non-hydrogen) atoms. The van der Waals surface area contributed by atoms with Crippen molar-refractivity contribution in [1.29, 1.82) is 0 Å². The first-order valence-electron chi connectivity index (χ1n) is 6.83. The van der Waals surface area contributed by atoms with E-state index in [0.29, 0.717) is 25.2 Å². The molecular formula is C14H18N4O2S. The summed E-state index contributed by atoms with van der Waals surface area (Å²) >= 11 is 1.53. The Morgan fingerprint density at radius 1 is 1.33 bits per heavy atom. The van der Waals surface area contributed by atoms with Crippen LogP contribution in [0.5, 0.6) is 0 Å². The van der Waals surface area contributed by atoms with Gasteiger partial charge in [-0.05, 0) is 25.3 Å². The molecule has 0 aliphatic rings. The van der Waals surface area contributed by atoms with Crippen molar-refractivity contribution in [3.63, 3.8) is 0 Å². The summed E-state index contributed by atoms with van der Waals surface area (Å²) in [5, 5.41) is 23.5. The third-order valence-corrected chi connectivity index (χ3v) is 4.10. The first kappa shape index (κ1) is 15.4. The molecule has 0 aliphatic carbocycles. The predicted molar refractivity (Wildman–Crippen MR) is 81.9 cm³/mol. The summed E-state index contributed by atoms with van der Waals surface area (Å²) in [5.74, 6) is -0.668. The van der Waals surface area contributed by atoms with Gasteiger partial charge >= 0.3 is 5.97 Å². The average Bonchev–Trinajstić information content (AvgIpc) is 2.89. The van der Waals surface area contributed by atoms with Crippen LogP contribution in [0.25, 0.3) is 0 Å². The van der Waals surface area contributed by atoms with Crippen LogP contribution in [-0.4, -0.2) is 26.3 Å². The largest absolute Gasteiger partial charge is 0.478 e. The van der Waals surface area contributed by atoms with Gasteiger partial charge < -0.3 is 10.4 Å². The standard InChI is InChI=1S/C14H18N4O2S/c1-4-9-10(5-2)17-18-13(12(9)14(19)20)15-6-11-16-8(3)7-21-11/h7H,4-6H2,1-3H3,(H,15,18)(H,19,20). The molecule has 0 atom stereocenters. The number of aryl methyl sites for hydroxylation is 2. The number of nitrogens with one attached hydrogen (secondary N) is 1. The summed E-state index contributed by atoms with van der Waals surface area (Å²) in [6, 6.07) is 0. The Morgan fingerprint density at radius 3 is 2.62 bits per heavy atom. The highest BCUT2D eigenvalue weighted by molar-refractivity contribution is 7.09. The number of nitrogens with zero attached hydrogens (tertiary/aromatic N) is 3. The molecule has 2 rings (SSSR count). The molecule has 6 nitrogen and oxygen atoms in total. The molecule has 2 heterocycles. The molecule has 0 saturated heterocycles. The van der Waals surface area contributed by atoms with Gasteiger partial charge in [0, 0.05) is 11.1 Å². The van der Waals surface area contributed by atoms with Crippen molar-refractivity contribution in [3.8, 4) is 0 Å². The molecule has 112 valence electrons. The van der Waals surface area contributed by atoms with E-state index in [1.165, 1.54) is 11.3 Å². The van der Waals surface area contributed by atoms with E-state index >= 15 is 0 Å². The van der Waals surface area contributed by atoms with Gasteiger partial charge in [0.2, 0.25) is 0 Å². The van der Waals surface area contributed by atoms with Gasteiger partial charge in [-0.2, -0.15) is 5.10 Å². The number of thiazole rings is 1. The molecule has 2 aromatic rings. The van der Waals surface area contributed by atoms with Gasteiger partial charge in [-0.25, -0.2) is 9.78 Å². The lowest BCUT2D eigenvalue weighted by molar-refractivity contribution is 0.0696. The van der Waals surface area contributed by atoms with E-state index < -0.39 is 5.97 Å². The SMILES string of the molecule is CCc1nnc(NCc2nc(C)cs2)c(C(=O)O)c1CC. The molecule has 0 saturated carbocycles. The van der Waals surface area contributed by atoms with E-state index in [2.05, 4.69) is 20.5 Å². The van der Waals surface area contributed by atoms with Gasteiger partial charge in [0.15, 0.2) is 5.82 Å². The second-order valence-corrected chi connectivity index (χ2v) is 5.54. The number of hydrogen-bond acceptors (Lipinski definition) is 6. The minimum atomic E-state index is -0.978. The first-order valence-corrected chi connectivity index (χ1v) is 7.71. The highest BCUT2D eigenvalue weighted by Gasteiger charge is 2.20. The van der Waals surface area contributed by atoms with Crippen LogP contribution in [0.4, 0.5) is 5.82 Å². The maximum atomic E-state index is 11.6. The topological polar surface area (TPSA) is 88.0 Å². The van der Waals surface area contributed by atoms with E-state index in [1.54, 1.807) is 0 Å². The first-order chi connectivity index (χ1) is 10.1. The van der Waals surface area contributed by atoms with Crippen LogP contribution in [0.1, 0.15) is 46.2 Å². The third kappa shape index (κ3) is 3.36. The molecular weight excluding hydrogens is 288 g/mol. The maximum Gasteiger partial charge on any atom is 0.339 e. The number of carboxylic acids is 1. The Balaban J connectivity index is 2.32. The van der Waals surface area contributed by atoms with E-state index in [4.69, 9.17) is 0 Å². The van der Waals surface area contributed by atoms with Gasteiger partial charge in [-0.1, -0.05) is 13.8 Å². The van der Waals surface area contributed by atoms with E-state index in [1.807, 2.05) is 26.2 Å². The monoisotopic (exact) mass is 306 g/mol. The maximum absolute atomic E-state index is 11.6. The van der Waals surface area contributed by atoms with Crippen LogP contribution in [0.2, 0.25) is 0 Å². The van der Waals surface area contributed by atoms with Crippen molar-refractivity contribution in [3.05, 3.63) is 32.9 Å². The molecule has 0 bridgehead atoms. The lowest BCUT2D eigenvalue weighted by Crippen LogP contribution is -2.15. The smallest absolute Gasteiger partial charge is 0.339 e. The minimum absolute atomic E-state index is 0.220. The van der Waals surface area contributed by atoms with Crippen molar-refractivity contribution in [2.24, 2.45) is 0 Å². The third-order valence-electron chi connectivity index (χ3n) is 3.13. The predicted octanol–water partition coefficient (Wildman–Crippen LogP) is 2.68. The number of aromatic carboxylic acids is 1. The number of carboxylic acid groups (broad SMARTS) is 1. The molecule has 0 aliphatic heterocycles. The van der Waals surface area contributed by atoms with E-state index in [-0.39, 0.29) is 5.56 Å². The van der Waals surface area contributed by atoms with Crippen LogP contribution in [0.3, 0.4) is 0 Å². The summed E-state index contributed by atoms with van der Waals surface area (Å²) < 4.78 is 0. The van der Waals surface area contributed by atoms with Gasteiger partial charge in [0.1, 0.15) is 10.6 Å². The Hall–Kier alpha value is -2.02. The number of carbonyl (C=O) groups is 1. The van der Waals surface area contributed by atoms with Crippen molar-refractivity contribution < 1.29 is 9.90 Å². The molecule has 0 amide bonds. The van der Waals surface area contributed by atoms with Crippen LogP contribution in [0.15, 0.2) is 5.38 Å². The van der Waals surface area contributed by atoms with Crippen LogP contribution >= 0.6 is 11.3 Å². The highest BCUT2D eigenvalue weighted by atomic mass is 32.1. The summed E-state index contributed by atoms with van der Waals surface area (Å²) in [7, 11) is 0. The molecule has 0 spiro atoms. The summed E-state index contributed by atoms with van der Waals surface area (Å²) in [5.41, 5.74) is 2.66. The number of hydrogen-bond donors (Lipinski definition) is 2. The zero-order valence-electron chi connectivity index (χ0n) is 12.3. The lowest BCUT2D eigenvalue weighted by atomic mass is 10.0. The molecule has 2 N–H and O–H groups in total. The number of rotatable bonds is 6. The normalized spacial score (nSPS) is 10.6. The number of anilines is 1. The zero-order valence-corrected chi connectivity index (χ0v) is 13.1. The van der Waals surface area contributed by atoms with Crippen molar-refractivity contribution in [2.45, 2.75) is 40.2 Å². The lowest BCUT2D eigenvalue weighted by Gasteiger charge is -2.13. The fraction of sp³-hybridized carbons (Fsp3) is 0.429. The molecule has 7 heteroatoms. The van der Waals surface area contributed by atoms with E-state index in [0.717, 1.165) is 22.0 Å². The van der Waals surface area contributed by atoms with E-state index in [9.17, 15) is 9.90 Å². The number of aromatic nitrogens is 3. The molecule has 0 fully saturated rings. The Kier molecular flexibility index (Phi) is 4.85. The van der Waals surface area contributed by atoms with Gasteiger partial charge in [-0.15, -0.1) is 16.4 Å². The zero-order chi connectivity index (χ0) is 15.4. The second-order valence-electron chi connectivity index (χ2n) is 4.60. The average molecular weight is 306 g/mol. The fourth-order valence-corrected chi connectivity index (χ4v) is 2.88. The Bertz CT molecular complexity index is 654. The highest BCUT2D eigenvalue weighted by Crippen LogP contribution is 2.22. The molecule has 0 radical (unpaired) electrons. The Labute approximate surface area is 127 Å². The van der Waals surface area contributed by atoms with Gasteiger partial charge in [0.05, 0.1) is 12.2 Å². The quantitative estimate of drug-likeness (QED) is 0.853. The molecule has 0 aromatic carbocycles. The molecule has 0 unspecified atom stereocenters. The van der Waals surface area contributed by atoms with Crippen LogP contribution in [0, 0.1) is 6.92 Å². The van der Waals surface area contributed by atoms with Crippen molar-refractivity contribution in [2.75, 3.05) is 5.32 Å². The molecule has 2 aromatic heterocycles. The summed E-state index contributed by atoms with van der Waals surface area (Å²) in [4.78, 5) is 15.9. The minimum Gasteiger partial charge on any atom is -0.478 e. The van der Waals surface area contributed by atoms with Gasteiger partial charge in [0.25, 0.3) is 0 Å². The van der Waals surface area contributed by atoms with Crippen LogP contribution in [-0.2, 0) is 19.4 Å². The fourth-order valence-electron chi connectivity index (χ4n) is 2.17. The second kappa shape index (κ2) is 6.62. The van der Waals surface area contributed by atoms with Crippen molar-refractivity contribution >= 4 is 23.1 Å².